The molecule has 1 aromatic rings. The summed E-state index contributed by atoms with van der Waals surface area (Å²) in [5.74, 6) is -3.74. The van der Waals surface area contributed by atoms with E-state index >= 15 is 0 Å². The predicted molar refractivity (Wildman–Crippen MR) is 65.8 cm³/mol. The summed E-state index contributed by atoms with van der Waals surface area (Å²) in [6, 6.07) is 4.20. The molecule has 0 heterocycles. The van der Waals surface area contributed by atoms with Gasteiger partial charge in [-0.1, -0.05) is 17.7 Å². The van der Waals surface area contributed by atoms with Crippen LogP contribution in [-0.2, 0) is 15.6 Å². The van der Waals surface area contributed by atoms with Crippen molar-refractivity contribution in [3.8, 4) is 5.75 Å². The molecule has 0 N–H and O–H groups in total. The van der Waals surface area contributed by atoms with Crippen LogP contribution in [0.3, 0.4) is 0 Å². The van der Waals surface area contributed by atoms with Crippen molar-refractivity contribution in [3.05, 3.63) is 28.8 Å². The molecule has 0 saturated carbocycles. The summed E-state index contributed by atoms with van der Waals surface area (Å²) < 4.78 is 51.9. The highest BCUT2D eigenvalue weighted by molar-refractivity contribution is 7.90. The first kappa shape index (κ1) is 15.2. The van der Waals surface area contributed by atoms with Crippen LogP contribution in [0.2, 0.25) is 5.02 Å². The highest BCUT2D eigenvalue weighted by Crippen LogP contribution is 2.27. The second kappa shape index (κ2) is 5.84. The SMILES string of the molecule is CC(C)Oc1ccc(CS(=O)(=O)C(F)F)cc1Cl. The van der Waals surface area contributed by atoms with E-state index in [1.165, 1.54) is 18.2 Å². The van der Waals surface area contributed by atoms with Gasteiger partial charge in [0, 0.05) is 0 Å². The lowest BCUT2D eigenvalue weighted by Gasteiger charge is -2.12. The van der Waals surface area contributed by atoms with Gasteiger partial charge >= 0.3 is 5.76 Å². The third-order valence-electron chi connectivity index (χ3n) is 2.00. The minimum absolute atomic E-state index is 0.0850. The van der Waals surface area contributed by atoms with E-state index in [1.807, 2.05) is 13.8 Å². The second-order valence-corrected chi connectivity index (χ2v) is 6.38. The van der Waals surface area contributed by atoms with Gasteiger partial charge in [-0.15, -0.1) is 0 Å². The van der Waals surface area contributed by atoms with Gasteiger partial charge in [-0.3, -0.25) is 0 Å². The molecule has 3 nitrogen and oxygen atoms in total. The molecule has 0 saturated heterocycles. The smallest absolute Gasteiger partial charge is 0.337 e. The lowest BCUT2D eigenvalue weighted by Crippen LogP contribution is -2.13. The Bertz CT molecular complexity index is 515. The number of sulfone groups is 1. The summed E-state index contributed by atoms with van der Waals surface area (Å²) in [5.41, 5.74) is 0.205. The van der Waals surface area contributed by atoms with Gasteiger partial charge in [0.15, 0.2) is 0 Å². The molecule has 1 aromatic carbocycles. The van der Waals surface area contributed by atoms with Crippen molar-refractivity contribution >= 4 is 21.4 Å². The van der Waals surface area contributed by atoms with Gasteiger partial charge in [-0.05, 0) is 31.5 Å². The van der Waals surface area contributed by atoms with Crippen molar-refractivity contribution in [1.29, 1.82) is 0 Å². The molecule has 0 atom stereocenters. The maximum absolute atomic E-state index is 12.2. The van der Waals surface area contributed by atoms with Crippen LogP contribution in [0.15, 0.2) is 18.2 Å². The standard InChI is InChI=1S/C11H13ClF2O3S/c1-7(2)17-10-4-3-8(5-9(10)12)6-18(15,16)11(13)14/h3-5,7,11H,6H2,1-2H3. The molecule has 102 valence electrons. The summed E-state index contributed by atoms with van der Waals surface area (Å²) in [6.45, 7) is 3.62. The molecule has 0 fully saturated rings. The topological polar surface area (TPSA) is 43.4 Å². The van der Waals surface area contributed by atoms with Gasteiger partial charge in [0.1, 0.15) is 5.75 Å². The van der Waals surface area contributed by atoms with E-state index in [-0.39, 0.29) is 16.7 Å². The molecule has 0 amide bonds. The van der Waals surface area contributed by atoms with E-state index in [9.17, 15) is 17.2 Å². The van der Waals surface area contributed by atoms with Crippen molar-refractivity contribution in [2.24, 2.45) is 0 Å². The van der Waals surface area contributed by atoms with Gasteiger partial charge in [-0.2, -0.15) is 8.78 Å². The first-order chi connectivity index (χ1) is 8.22. The Morgan fingerprint density at radius 2 is 1.94 bits per heavy atom. The molecule has 0 aromatic heterocycles. The maximum atomic E-state index is 12.2. The molecule has 0 spiro atoms. The molecule has 0 aliphatic heterocycles. The Morgan fingerprint density at radius 1 is 1.33 bits per heavy atom. The Balaban J connectivity index is 2.92. The quantitative estimate of drug-likeness (QED) is 0.838. The number of hydrogen-bond acceptors (Lipinski definition) is 3. The van der Waals surface area contributed by atoms with Gasteiger partial charge in [-0.25, -0.2) is 8.42 Å². The Labute approximate surface area is 110 Å². The molecule has 0 aliphatic carbocycles. The van der Waals surface area contributed by atoms with Crippen LogP contribution in [0.25, 0.3) is 0 Å². The lowest BCUT2D eigenvalue weighted by atomic mass is 10.2. The van der Waals surface area contributed by atoms with E-state index in [4.69, 9.17) is 16.3 Å². The fraction of sp³-hybridized carbons (Fsp3) is 0.455. The summed E-state index contributed by atoms with van der Waals surface area (Å²) >= 11 is 5.87. The van der Waals surface area contributed by atoms with Crippen molar-refractivity contribution < 1.29 is 21.9 Å². The average molecular weight is 299 g/mol. The Hall–Kier alpha value is -0.880. The van der Waals surface area contributed by atoms with Crippen molar-refractivity contribution in [3.63, 3.8) is 0 Å². The fourth-order valence-electron chi connectivity index (χ4n) is 1.28. The van der Waals surface area contributed by atoms with E-state index in [0.717, 1.165) is 0 Å². The molecule has 1 rings (SSSR count). The summed E-state index contributed by atoms with van der Waals surface area (Å²) in [7, 11) is -4.44. The van der Waals surface area contributed by atoms with Crippen molar-refractivity contribution in [1.82, 2.24) is 0 Å². The highest BCUT2D eigenvalue weighted by Gasteiger charge is 2.24. The van der Waals surface area contributed by atoms with Crippen molar-refractivity contribution in [2.75, 3.05) is 0 Å². The predicted octanol–water partition coefficient (Wildman–Crippen LogP) is 3.26. The monoisotopic (exact) mass is 298 g/mol. The van der Waals surface area contributed by atoms with Crippen LogP contribution in [0.1, 0.15) is 19.4 Å². The van der Waals surface area contributed by atoms with Crippen LogP contribution in [-0.4, -0.2) is 20.3 Å². The lowest BCUT2D eigenvalue weighted by molar-refractivity contribution is 0.234. The van der Waals surface area contributed by atoms with Gasteiger partial charge in [0.25, 0.3) is 0 Å². The van der Waals surface area contributed by atoms with E-state index in [0.29, 0.717) is 5.75 Å². The normalized spacial score (nSPS) is 12.2. The van der Waals surface area contributed by atoms with E-state index in [2.05, 4.69) is 0 Å². The van der Waals surface area contributed by atoms with Crippen molar-refractivity contribution in [2.45, 2.75) is 31.5 Å². The van der Waals surface area contributed by atoms with Gasteiger partial charge in [0.2, 0.25) is 9.84 Å². The molecule has 0 unspecified atom stereocenters. The number of hydrogen-bond donors (Lipinski definition) is 0. The number of alkyl halides is 2. The fourth-order valence-corrected chi connectivity index (χ4v) is 2.30. The second-order valence-electron chi connectivity index (χ2n) is 4.00. The minimum Gasteiger partial charge on any atom is -0.489 e. The largest absolute Gasteiger partial charge is 0.489 e. The Morgan fingerprint density at radius 3 is 2.39 bits per heavy atom. The van der Waals surface area contributed by atoms with Crippen LogP contribution >= 0.6 is 11.6 Å². The van der Waals surface area contributed by atoms with Gasteiger partial charge < -0.3 is 4.74 Å². The maximum Gasteiger partial charge on any atom is 0.337 e. The molecule has 18 heavy (non-hydrogen) atoms. The average Bonchev–Trinajstić information content (AvgIpc) is 2.21. The first-order valence-corrected chi connectivity index (χ1v) is 7.26. The minimum atomic E-state index is -4.44. The molecule has 0 aliphatic rings. The van der Waals surface area contributed by atoms with Crippen LogP contribution < -0.4 is 4.74 Å². The molecule has 7 heteroatoms. The summed E-state index contributed by atoms with van der Waals surface area (Å²) in [5, 5.41) is 0.200. The summed E-state index contributed by atoms with van der Waals surface area (Å²) in [6.07, 6.45) is -0.0850. The van der Waals surface area contributed by atoms with E-state index < -0.39 is 21.3 Å². The third kappa shape index (κ3) is 4.10. The van der Waals surface area contributed by atoms with Crippen LogP contribution in [0.5, 0.6) is 5.75 Å². The molecular formula is C11H13ClF2O3S. The Kier molecular flexibility index (Phi) is 4.92. The number of ether oxygens (including phenoxy) is 1. The zero-order valence-corrected chi connectivity index (χ0v) is 11.4. The zero-order valence-electron chi connectivity index (χ0n) is 9.86. The molecule has 0 radical (unpaired) electrons. The molecule has 0 bridgehead atoms. The number of rotatable bonds is 5. The summed E-state index contributed by atoms with van der Waals surface area (Å²) in [4.78, 5) is 0. The van der Waals surface area contributed by atoms with Crippen LogP contribution in [0, 0.1) is 0 Å². The highest BCUT2D eigenvalue weighted by atomic mass is 35.5. The zero-order chi connectivity index (χ0) is 13.9. The van der Waals surface area contributed by atoms with Crippen LogP contribution in [0.4, 0.5) is 8.78 Å². The number of benzene rings is 1. The first-order valence-electron chi connectivity index (χ1n) is 5.17. The molecular weight excluding hydrogens is 286 g/mol. The third-order valence-corrected chi connectivity index (χ3v) is 3.57. The van der Waals surface area contributed by atoms with E-state index in [1.54, 1.807) is 0 Å². The number of halogens is 3. The van der Waals surface area contributed by atoms with Gasteiger partial charge in [0.05, 0.1) is 16.9 Å².